The fourth-order valence-electron chi connectivity index (χ4n) is 2.38. The number of hydrogen-bond donors (Lipinski definition) is 1. The van der Waals surface area contributed by atoms with Gasteiger partial charge < -0.3 is 10.2 Å². The molecule has 2 aromatic heterocycles. The molecule has 2 atom stereocenters. The number of likely N-dealkylation sites (N-methyl/N-ethyl adjacent to an activating group) is 1. The van der Waals surface area contributed by atoms with Crippen LogP contribution in [0.2, 0.25) is 0 Å². The Morgan fingerprint density at radius 3 is 2.67 bits per heavy atom. The van der Waals surface area contributed by atoms with E-state index in [2.05, 4.69) is 72.7 Å². The maximum absolute atomic E-state index is 4.60. The molecule has 0 amide bonds. The molecule has 0 saturated carbocycles. The molecule has 4 heteroatoms. The summed E-state index contributed by atoms with van der Waals surface area (Å²) in [7, 11) is 2.14. The molecule has 114 valence electrons. The largest absolute Gasteiger partial charge is 0.370 e. The predicted octanol–water partition coefficient (Wildman–Crippen LogP) is 3.88. The van der Waals surface area contributed by atoms with E-state index >= 15 is 0 Å². The van der Waals surface area contributed by atoms with Gasteiger partial charge in [-0.25, -0.2) is 0 Å². The second-order valence-corrected chi connectivity index (χ2v) is 6.50. The quantitative estimate of drug-likeness (QED) is 0.841. The van der Waals surface area contributed by atoms with Gasteiger partial charge in [0.1, 0.15) is 0 Å². The van der Waals surface area contributed by atoms with Gasteiger partial charge in [-0.05, 0) is 44.0 Å². The summed E-state index contributed by atoms with van der Waals surface area (Å²) in [5, 5.41) is 5.53. The van der Waals surface area contributed by atoms with Crippen molar-refractivity contribution in [2.24, 2.45) is 0 Å². The van der Waals surface area contributed by atoms with Crippen molar-refractivity contribution in [2.75, 3.05) is 18.5 Å². The summed E-state index contributed by atoms with van der Waals surface area (Å²) in [5.74, 6) is 0. The second-order valence-electron chi connectivity index (χ2n) is 5.46. The fraction of sp³-hybridized carbons (Fsp3) is 0.471. The van der Waals surface area contributed by atoms with Crippen molar-refractivity contribution in [3.63, 3.8) is 0 Å². The molecule has 0 aromatic carbocycles. The maximum atomic E-state index is 4.60. The first kappa shape index (κ1) is 16.0. The van der Waals surface area contributed by atoms with E-state index in [0.717, 1.165) is 18.7 Å². The van der Waals surface area contributed by atoms with Gasteiger partial charge in [0.05, 0.1) is 17.6 Å². The molecule has 0 saturated heterocycles. The van der Waals surface area contributed by atoms with Crippen LogP contribution < -0.4 is 10.2 Å². The fourth-order valence-corrected chi connectivity index (χ4v) is 3.21. The van der Waals surface area contributed by atoms with Crippen molar-refractivity contribution in [3.05, 3.63) is 46.4 Å². The van der Waals surface area contributed by atoms with Crippen LogP contribution in [0.5, 0.6) is 0 Å². The molecular weight excluding hydrogens is 278 g/mol. The summed E-state index contributed by atoms with van der Waals surface area (Å²) < 4.78 is 0. The summed E-state index contributed by atoms with van der Waals surface area (Å²) in [4.78, 5) is 8.33. The van der Waals surface area contributed by atoms with Gasteiger partial charge in [-0.3, -0.25) is 4.98 Å². The van der Waals surface area contributed by atoms with E-state index in [0.29, 0.717) is 12.1 Å². The SMILES string of the molecule is CCNC(C)c1ccc(N(C)C(C)Cc2cccs2)cn1. The predicted molar refractivity (Wildman–Crippen MR) is 92.2 cm³/mol. The third-order valence-corrected chi connectivity index (χ3v) is 4.77. The van der Waals surface area contributed by atoms with Gasteiger partial charge in [0, 0.05) is 30.4 Å². The molecule has 0 aliphatic heterocycles. The molecule has 0 radical (unpaired) electrons. The number of thiophene rings is 1. The molecule has 21 heavy (non-hydrogen) atoms. The van der Waals surface area contributed by atoms with Gasteiger partial charge in [0.25, 0.3) is 0 Å². The lowest BCUT2D eigenvalue weighted by atomic mass is 10.1. The lowest BCUT2D eigenvalue weighted by Gasteiger charge is -2.26. The third-order valence-electron chi connectivity index (χ3n) is 3.87. The van der Waals surface area contributed by atoms with Crippen LogP contribution in [-0.4, -0.2) is 24.6 Å². The first-order valence-corrected chi connectivity index (χ1v) is 8.44. The Hall–Kier alpha value is -1.39. The van der Waals surface area contributed by atoms with Gasteiger partial charge in [-0.15, -0.1) is 11.3 Å². The van der Waals surface area contributed by atoms with E-state index in [9.17, 15) is 0 Å². The van der Waals surface area contributed by atoms with Crippen LogP contribution in [0, 0.1) is 0 Å². The Bertz CT molecular complexity index is 521. The molecular formula is C17H25N3S. The highest BCUT2D eigenvalue weighted by atomic mass is 32.1. The standard InChI is InChI=1S/C17H25N3S/c1-5-18-14(3)17-9-8-15(12-19-17)20(4)13(2)11-16-7-6-10-21-16/h6-10,12-14,18H,5,11H2,1-4H3. The minimum atomic E-state index is 0.304. The van der Waals surface area contributed by atoms with Gasteiger partial charge in [-0.2, -0.15) is 0 Å². The van der Waals surface area contributed by atoms with Crippen molar-refractivity contribution in [2.45, 2.75) is 39.3 Å². The molecule has 0 spiro atoms. The summed E-state index contributed by atoms with van der Waals surface area (Å²) >= 11 is 1.83. The number of nitrogens with zero attached hydrogens (tertiary/aromatic N) is 2. The summed E-state index contributed by atoms with van der Waals surface area (Å²) in [6.45, 7) is 7.48. The van der Waals surface area contributed by atoms with Crippen LogP contribution in [-0.2, 0) is 6.42 Å². The Kier molecular flexibility index (Phi) is 5.76. The van der Waals surface area contributed by atoms with Crippen LogP contribution in [0.25, 0.3) is 0 Å². The molecule has 0 fully saturated rings. The minimum absolute atomic E-state index is 0.304. The lowest BCUT2D eigenvalue weighted by molar-refractivity contribution is 0.583. The Morgan fingerprint density at radius 2 is 2.10 bits per heavy atom. The number of aromatic nitrogens is 1. The summed E-state index contributed by atoms with van der Waals surface area (Å²) in [5.41, 5.74) is 2.27. The van der Waals surface area contributed by atoms with Crippen molar-refractivity contribution < 1.29 is 0 Å². The van der Waals surface area contributed by atoms with Crippen molar-refractivity contribution in [3.8, 4) is 0 Å². The highest BCUT2D eigenvalue weighted by Gasteiger charge is 2.12. The molecule has 0 aliphatic rings. The number of rotatable bonds is 7. The number of nitrogens with one attached hydrogen (secondary N) is 1. The topological polar surface area (TPSA) is 28.2 Å². The number of anilines is 1. The van der Waals surface area contributed by atoms with Gasteiger partial charge >= 0.3 is 0 Å². The zero-order valence-electron chi connectivity index (χ0n) is 13.3. The molecule has 2 aromatic rings. The highest BCUT2D eigenvalue weighted by molar-refractivity contribution is 7.09. The maximum Gasteiger partial charge on any atom is 0.0572 e. The molecule has 2 rings (SSSR count). The Balaban J connectivity index is 2.00. The minimum Gasteiger partial charge on any atom is -0.370 e. The molecule has 0 bridgehead atoms. The van der Waals surface area contributed by atoms with Crippen LogP contribution in [0.3, 0.4) is 0 Å². The van der Waals surface area contributed by atoms with Crippen molar-refractivity contribution in [1.82, 2.24) is 10.3 Å². The molecule has 0 aliphatic carbocycles. The number of pyridine rings is 1. The molecule has 2 unspecified atom stereocenters. The van der Waals surface area contributed by atoms with Gasteiger partial charge in [0.2, 0.25) is 0 Å². The second kappa shape index (κ2) is 7.57. The monoisotopic (exact) mass is 303 g/mol. The molecule has 3 nitrogen and oxygen atoms in total. The van der Waals surface area contributed by atoms with Gasteiger partial charge in [-0.1, -0.05) is 13.0 Å². The van der Waals surface area contributed by atoms with Crippen molar-refractivity contribution >= 4 is 17.0 Å². The first-order valence-electron chi connectivity index (χ1n) is 7.56. The molecule has 1 N–H and O–H groups in total. The number of hydrogen-bond acceptors (Lipinski definition) is 4. The first-order chi connectivity index (χ1) is 10.1. The van der Waals surface area contributed by atoms with Crippen LogP contribution in [0.1, 0.15) is 37.4 Å². The Labute approximate surface area is 132 Å². The van der Waals surface area contributed by atoms with E-state index in [4.69, 9.17) is 0 Å². The average molecular weight is 303 g/mol. The zero-order chi connectivity index (χ0) is 15.2. The third kappa shape index (κ3) is 4.29. The smallest absolute Gasteiger partial charge is 0.0572 e. The summed E-state index contributed by atoms with van der Waals surface area (Å²) in [6.07, 6.45) is 3.05. The van der Waals surface area contributed by atoms with E-state index in [1.165, 1.54) is 10.6 Å². The average Bonchev–Trinajstić information content (AvgIpc) is 3.00. The zero-order valence-corrected chi connectivity index (χ0v) is 14.2. The van der Waals surface area contributed by atoms with E-state index in [-0.39, 0.29) is 0 Å². The van der Waals surface area contributed by atoms with E-state index in [1.807, 2.05) is 17.5 Å². The van der Waals surface area contributed by atoms with E-state index in [1.54, 1.807) is 0 Å². The van der Waals surface area contributed by atoms with Crippen molar-refractivity contribution in [1.29, 1.82) is 0 Å². The van der Waals surface area contributed by atoms with Crippen LogP contribution in [0.15, 0.2) is 35.8 Å². The normalized spacial score (nSPS) is 13.9. The Morgan fingerprint density at radius 1 is 1.29 bits per heavy atom. The summed E-state index contributed by atoms with van der Waals surface area (Å²) in [6, 6.07) is 9.37. The van der Waals surface area contributed by atoms with E-state index < -0.39 is 0 Å². The van der Waals surface area contributed by atoms with Gasteiger partial charge in [0.15, 0.2) is 0 Å². The van der Waals surface area contributed by atoms with Crippen LogP contribution in [0.4, 0.5) is 5.69 Å². The highest BCUT2D eigenvalue weighted by Crippen LogP contribution is 2.20. The molecule has 2 heterocycles. The van der Waals surface area contributed by atoms with Crippen LogP contribution >= 0.6 is 11.3 Å². The lowest BCUT2D eigenvalue weighted by Crippen LogP contribution is -2.30.